The lowest BCUT2D eigenvalue weighted by Gasteiger charge is -2.13. The molecule has 6 nitrogen and oxygen atoms in total. The van der Waals surface area contributed by atoms with E-state index in [0.717, 1.165) is 17.8 Å². The van der Waals surface area contributed by atoms with Crippen LogP contribution in [0.3, 0.4) is 0 Å². The van der Waals surface area contributed by atoms with Crippen molar-refractivity contribution in [2.24, 2.45) is 0 Å². The van der Waals surface area contributed by atoms with E-state index in [1.807, 2.05) is 6.92 Å². The van der Waals surface area contributed by atoms with Gasteiger partial charge >= 0.3 is 5.97 Å². The second-order valence-electron chi connectivity index (χ2n) is 4.06. The van der Waals surface area contributed by atoms with Crippen LogP contribution in [0.1, 0.15) is 28.0 Å². The van der Waals surface area contributed by atoms with E-state index in [-0.39, 0.29) is 13.2 Å². The largest absolute Gasteiger partial charge is 0.480 e. The number of aromatic nitrogens is 1. The number of carboxylic acid groups (broad SMARTS) is 1. The van der Waals surface area contributed by atoms with Crippen molar-refractivity contribution in [3.63, 3.8) is 0 Å². The summed E-state index contributed by atoms with van der Waals surface area (Å²) in [7, 11) is 0. The number of nitrogens with one attached hydrogen (secondary N) is 1. The Morgan fingerprint density at radius 1 is 1.65 bits per heavy atom. The maximum Gasteiger partial charge on any atom is 0.328 e. The van der Waals surface area contributed by atoms with Crippen LogP contribution in [-0.2, 0) is 16.0 Å². The number of hydrogen-bond donors (Lipinski definition) is 2. The van der Waals surface area contributed by atoms with Crippen molar-refractivity contribution < 1.29 is 19.4 Å². The minimum absolute atomic E-state index is 0.103. The standard InChI is InChI=1S/C13H18N2O4S/c1-3-5-11-14-7-10(20-11)12(16)15-9(13(17)18)8-19-6-4-2/h4,7,9H,2-3,5-6,8H2,1H3,(H,15,16)(H,17,18). The summed E-state index contributed by atoms with van der Waals surface area (Å²) in [6.45, 7) is 5.62. The highest BCUT2D eigenvalue weighted by Crippen LogP contribution is 2.14. The highest BCUT2D eigenvalue weighted by molar-refractivity contribution is 7.13. The molecule has 0 fully saturated rings. The molecule has 0 spiro atoms. The van der Waals surface area contributed by atoms with E-state index in [0.29, 0.717) is 4.88 Å². The Labute approximate surface area is 121 Å². The minimum atomic E-state index is -1.14. The van der Waals surface area contributed by atoms with Crippen LogP contribution in [0, 0.1) is 0 Å². The van der Waals surface area contributed by atoms with E-state index in [4.69, 9.17) is 9.84 Å². The summed E-state index contributed by atoms with van der Waals surface area (Å²) < 4.78 is 5.06. The third-order valence-electron chi connectivity index (χ3n) is 2.36. The molecule has 0 aliphatic heterocycles. The van der Waals surface area contributed by atoms with Crippen molar-refractivity contribution >= 4 is 23.2 Å². The fraction of sp³-hybridized carbons (Fsp3) is 0.462. The molecule has 1 amide bonds. The van der Waals surface area contributed by atoms with Gasteiger partial charge in [-0.25, -0.2) is 9.78 Å². The Morgan fingerprint density at radius 2 is 2.40 bits per heavy atom. The summed E-state index contributed by atoms with van der Waals surface area (Å²) in [4.78, 5) is 27.5. The molecule has 7 heteroatoms. The molecule has 1 rings (SSSR count). The molecule has 0 radical (unpaired) electrons. The van der Waals surface area contributed by atoms with Gasteiger partial charge in [0.15, 0.2) is 6.04 Å². The summed E-state index contributed by atoms with van der Waals surface area (Å²) >= 11 is 1.27. The number of hydrogen-bond acceptors (Lipinski definition) is 5. The Morgan fingerprint density at radius 3 is 3.00 bits per heavy atom. The normalized spacial score (nSPS) is 11.8. The Hall–Kier alpha value is -1.73. The number of ether oxygens (including phenoxy) is 1. The van der Waals surface area contributed by atoms with Crippen LogP contribution in [0.25, 0.3) is 0 Å². The molecule has 1 aromatic rings. The second-order valence-corrected chi connectivity index (χ2v) is 5.17. The molecule has 0 saturated carbocycles. The van der Waals surface area contributed by atoms with E-state index < -0.39 is 17.9 Å². The zero-order chi connectivity index (χ0) is 15.0. The third-order valence-corrected chi connectivity index (χ3v) is 3.42. The number of nitrogens with zero attached hydrogens (tertiary/aromatic N) is 1. The van der Waals surface area contributed by atoms with Gasteiger partial charge in [-0.2, -0.15) is 0 Å². The molecule has 1 atom stereocenters. The number of carbonyl (C=O) groups is 2. The van der Waals surface area contributed by atoms with E-state index >= 15 is 0 Å². The van der Waals surface area contributed by atoms with Gasteiger partial charge in [0.2, 0.25) is 0 Å². The smallest absolute Gasteiger partial charge is 0.328 e. The van der Waals surface area contributed by atoms with Crippen molar-refractivity contribution in [2.45, 2.75) is 25.8 Å². The van der Waals surface area contributed by atoms with Gasteiger partial charge in [-0.05, 0) is 12.8 Å². The number of thiazole rings is 1. The number of carbonyl (C=O) groups excluding carboxylic acids is 1. The van der Waals surface area contributed by atoms with E-state index in [1.54, 1.807) is 0 Å². The molecule has 0 saturated heterocycles. The first-order valence-corrected chi connectivity index (χ1v) is 7.07. The van der Waals surface area contributed by atoms with Gasteiger partial charge in [0.25, 0.3) is 5.91 Å². The van der Waals surface area contributed by atoms with Crippen molar-refractivity contribution in [1.82, 2.24) is 10.3 Å². The van der Waals surface area contributed by atoms with Crippen molar-refractivity contribution in [1.29, 1.82) is 0 Å². The summed E-state index contributed by atoms with van der Waals surface area (Å²) in [5.74, 6) is -1.58. The molecule has 2 N–H and O–H groups in total. The minimum Gasteiger partial charge on any atom is -0.480 e. The first-order valence-electron chi connectivity index (χ1n) is 6.25. The highest BCUT2D eigenvalue weighted by Gasteiger charge is 2.21. The molecule has 20 heavy (non-hydrogen) atoms. The lowest BCUT2D eigenvalue weighted by Crippen LogP contribution is -2.43. The predicted molar refractivity (Wildman–Crippen MR) is 76.0 cm³/mol. The average Bonchev–Trinajstić information content (AvgIpc) is 2.86. The van der Waals surface area contributed by atoms with Crippen LogP contribution < -0.4 is 5.32 Å². The Bertz CT molecular complexity index is 473. The van der Waals surface area contributed by atoms with Crippen LogP contribution >= 0.6 is 11.3 Å². The van der Waals surface area contributed by atoms with Gasteiger partial charge in [0.1, 0.15) is 4.88 Å². The second kappa shape index (κ2) is 8.44. The molecule has 1 aromatic heterocycles. The molecule has 1 unspecified atom stereocenters. The molecular weight excluding hydrogens is 280 g/mol. The Balaban J connectivity index is 2.59. The van der Waals surface area contributed by atoms with Gasteiger partial charge in [-0.3, -0.25) is 4.79 Å². The van der Waals surface area contributed by atoms with Crippen LogP contribution in [-0.4, -0.2) is 41.2 Å². The zero-order valence-electron chi connectivity index (χ0n) is 11.3. The number of rotatable bonds is 9. The van der Waals surface area contributed by atoms with Gasteiger partial charge < -0.3 is 15.2 Å². The van der Waals surface area contributed by atoms with Crippen molar-refractivity contribution in [3.8, 4) is 0 Å². The first-order chi connectivity index (χ1) is 9.58. The molecule has 110 valence electrons. The van der Waals surface area contributed by atoms with E-state index in [1.165, 1.54) is 23.6 Å². The SMILES string of the molecule is C=CCOCC(NC(=O)c1cnc(CCC)s1)C(=O)O. The molecule has 0 aromatic carbocycles. The van der Waals surface area contributed by atoms with Crippen LogP contribution in [0.15, 0.2) is 18.9 Å². The number of aryl methyl sites for hydroxylation is 1. The van der Waals surface area contributed by atoms with Crippen LogP contribution in [0.2, 0.25) is 0 Å². The molecule has 0 aliphatic carbocycles. The maximum atomic E-state index is 11.9. The van der Waals surface area contributed by atoms with Gasteiger partial charge in [-0.15, -0.1) is 17.9 Å². The lowest BCUT2D eigenvalue weighted by molar-refractivity contribution is -0.140. The van der Waals surface area contributed by atoms with Crippen LogP contribution in [0.5, 0.6) is 0 Å². The maximum absolute atomic E-state index is 11.9. The zero-order valence-corrected chi connectivity index (χ0v) is 12.1. The van der Waals surface area contributed by atoms with Crippen molar-refractivity contribution in [3.05, 3.63) is 28.7 Å². The average molecular weight is 298 g/mol. The van der Waals surface area contributed by atoms with Gasteiger partial charge in [-0.1, -0.05) is 13.0 Å². The molecular formula is C13H18N2O4S. The fourth-order valence-corrected chi connectivity index (χ4v) is 2.34. The van der Waals surface area contributed by atoms with Crippen LogP contribution in [0.4, 0.5) is 0 Å². The van der Waals surface area contributed by atoms with Gasteiger partial charge in [0.05, 0.1) is 24.4 Å². The molecule has 1 heterocycles. The Kier molecular flexibility index (Phi) is 6.89. The van der Waals surface area contributed by atoms with E-state index in [2.05, 4.69) is 16.9 Å². The summed E-state index contributed by atoms with van der Waals surface area (Å²) in [6.07, 6.45) is 4.74. The topological polar surface area (TPSA) is 88.5 Å². The third kappa shape index (κ3) is 5.10. The first kappa shape index (κ1) is 16.3. The monoisotopic (exact) mass is 298 g/mol. The van der Waals surface area contributed by atoms with Gasteiger partial charge in [0, 0.05) is 0 Å². The summed E-state index contributed by atoms with van der Waals surface area (Å²) in [6, 6.07) is -1.08. The summed E-state index contributed by atoms with van der Waals surface area (Å²) in [5.41, 5.74) is 0. The summed E-state index contributed by atoms with van der Waals surface area (Å²) in [5, 5.41) is 12.3. The fourth-order valence-electron chi connectivity index (χ4n) is 1.42. The molecule has 0 bridgehead atoms. The number of amides is 1. The van der Waals surface area contributed by atoms with E-state index in [9.17, 15) is 9.59 Å². The predicted octanol–water partition coefficient (Wildman–Crippen LogP) is 1.48. The van der Waals surface area contributed by atoms with Crippen molar-refractivity contribution in [2.75, 3.05) is 13.2 Å². The molecule has 0 aliphatic rings. The quantitative estimate of drug-likeness (QED) is 0.532. The highest BCUT2D eigenvalue weighted by atomic mass is 32.1. The lowest BCUT2D eigenvalue weighted by atomic mass is 10.3. The number of aliphatic carboxylic acids is 1. The number of carboxylic acids is 1.